The Morgan fingerprint density at radius 1 is 1.23 bits per heavy atom. The monoisotopic (exact) mass is 311 g/mol. The van der Waals surface area contributed by atoms with Crippen molar-refractivity contribution in [2.24, 2.45) is 17.8 Å². The fourth-order valence-electron chi connectivity index (χ4n) is 4.51. The van der Waals surface area contributed by atoms with E-state index in [1.165, 1.54) is 0 Å². The zero-order valence-corrected chi connectivity index (χ0v) is 14.9. The maximum atomic E-state index is 13.1. The van der Waals surface area contributed by atoms with Crippen LogP contribution in [0, 0.1) is 17.8 Å². The predicted octanol–water partition coefficient (Wildman–Crippen LogP) is 3.10. The quantitative estimate of drug-likeness (QED) is 0.783. The number of carbonyl (C=O) groups excluding carboxylic acids is 1. The first-order valence-electron chi connectivity index (χ1n) is 8.91. The van der Waals surface area contributed by atoms with Gasteiger partial charge in [-0.2, -0.15) is 0 Å². The number of likely N-dealkylation sites (tertiary alicyclic amines) is 1. The van der Waals surface area contributed by atoms with Crippen LogP contribution in [0.15, 0.2) is 0 Å². The van der Waals surface area contributed by atoms with Gasteiger partial charge in [0.25, 0.3) is 0 Å². The van der Waals surface area contributed by atoms with Gasteiger partial charge in [0.2, 0.25) is 5.91 Å². The summed E-state index contributed by atoms with van der Waals surface area (Å²) in [5.74, 6) is 1.47. The van der Waals surface area contributed by atoms with Crippen molar-refractivity contribution in [2.75, 3.05) is 20.3 Å². The highest BCUT2D eigenvalue weighted by Gasteiger charge is 2.39. The minimum Gasteiger partial charge on any atom is -0.384 e. The van der Waals surface area contributed by atoms with Gasteiger partial charge in [0.05, 0.1) is 18.8 Å². The minimum absolute atomic E-state index is 0.151. The van der Waals surface area contributed by atoms with Crippen LogP contribution in [0.3, 0.4) is 0 Å². The Morgan fingerprint density at radius 3 is 2.41 bits per heavy atom. The number of nitrogens with zero attached hydrogens (tertiary/aromatic N) is 1. The van der Waals surface area contributed by atoms with Crippen LogP contribution >= 0.6 is 0 Å². The van der Waals surface area contributed by atoms with Gasteiger partial charge in [-0.1, -0.05) is 6.92 Å². The first kappa shape index (κ1) is 17.7. The van der Waals surface area contributed by atoms with Crippen LogP contribution in [0.5, 0.6) is 0 Å². The fraction of sp³-hybridized carbons (Fsp3) is 0.944. The van der Waals surface area contributed by atoms with E-state index in [4.69, 9.17) is 9.47 Å². The Balaban J connectivity index is 2.02. The van der Waals surface area contributed by atoms with Gasteiger partial charge in [0.15, 0.2) is 0 Å². The van der Waals surface area contributed by atoms with Crippen LogP contribution < -0.4 is 0 Å². The molecule has 1 amide bonds. The molecule has 0 bridgehead atoms. The number of amides is 1. The maximum Gasteiger partial charge on any atom is 0.226 e. The van der Waals surface area contributed by atoms with Crippen LogP contribution in [0.4, 0.5) is 0 Å². The average Bonchev–Trinajstić information content (AvgIpc) is 2.79. The molecule has 0 aliphatic carbocycles. The first-order chi connectivity index (χ1) is 10.5. The number of rotatable bonds is 5. The fourth-order valence-corrected chi connectivity index (χ4v) is 4.51. The van der Waals surface area contributed by atoms with Gasteiger partial charge in [-0.25, -0.2) is 0 Å². The molecule has 0 aromatic heterocycles. The van der Waals surface area contributed by atoms with Gasteiger partial charge < -0.3 is 14.4 Å². The first-order valence-corrected chi connectivity index (χ1v) is 8.91. The van der Waals surface area contributed by atoms with Crippen molar-refractivity contribution in [3.63, 3.8) is 0 Å². The van der Waals surface area contributed by atoms with E-state index in [2.05, 4.69) is 32.6 Å². The molecular weight excluding hydrogens is 278 g/mol. The van der Waals surface area contributed by atoms with Crippen molar-refractivity contribution in [2.45, 2.75) is 71.6 Å². The Hall–Kier alpha value is -0.610. The Bertz CT molecular complexity index is 363. The van der Waals surface area contributed by atoms with Crippen LogP contribution in [-0.2, 0) is 14.3 Å². The molecule has 4 heteroatoms. The third-order valence-electron chi connectivity index (χ3n) is 5.41. The minimum atomic E-state index is 0.151. The number of hydrogen-bond acceptors (Lipinski definition) is 3. The molecule has 0 aromatic carbocycles. The smallest absolute Gasteiger partial charge is 0.226 e. The van der Waals surface area contributed by atoms with Gasteiger partial charge in [0.1, 0.15) is 0 Å². The largest absolute Gasteiger partial charge is 0.384 e. The van der Waals surface area contributed by atoms with E-state index in [0.717, 1.165) is 38.8 Å². The summed E-state index contributed by atoms with van der Waals surface area (Å²) in [6.45, 7) is 10.2. The van der Waals surface area contributed by atoms with Crippen LogP contribution in [0.25, 0.3) is 0 Å². The van der Waals surface area contributed by atoms with E-state index in [0.29, 0.717) is 23.8 Å². The summed E-state index contributed by atoms with van der Waals surface area (Å²) in [4.78, 5) is 15.2. The van der Waals surface area contributed by atoms with Crippen molar-refractivity contribution >= 4 is 5.91 Å². The van der Waals surface area contributed by atoms with Crippen LogP contribution in [0.1, 0.15) is 53.4 Å². The average molecular weight is 311 g/mol. The number of methoxy groups -OCH3 is 1. The molecule has 5 atom stereocenters. The maximum absolute atomic E-state index is 13.1. The SMILES string of the molecule is CCC(C(=O)N1CC(COC)C[C@H]1C)C1CC(C)OC(C)C1. The number of hydrogen-bond donors (Lipinski definition) is 0. The van der Waals surface area contributed by atoms with Crippen LogP contribution in [-0.4, -0.2) is 49.3 Å². The summed E-state index contributed by atoms with van der Waals surface area (Å²) in [5, 5.41) is 0. The van der Waals surface area contributed by atoms with Gasteiger partial charge in [-0.15, -0.1) is 0 Å². The normalized spacial score (nSPS) is 37.3. The van der Waals surface area contributed by atoms with E-state index < -0.39 is 0 Å². The molecule has 0 aromatic rings. The highest BCUT2D eigenvalue weighted by molar-refractivity contribution is 5.79. The Labute approximate surface area is 135 Å². The van der Waals surface area contributed by atoms with E-state index in [1.807, 2.05) is 0 Å². The van der Waals surface area contributed by atoms with Crippen LogP contribution in [0.2, 0.25) is 0 Å². The lowest BCUT2D eigenvalue weighted by atomic mass is 9.79. The van der Waals surface area contributed by atoms with Crippen molar-refractivity contribution in [3.05, 3.63) is 0 Å². The van der Waals surface area contributed by atoms with Crippen molar-refractivity contribution in [1.82, 2.24) is 4.90 Å². The molecule has 2 saturated heterocycles. The third kappa shape index (κ3) is 4.02. The summed E-state index contributed by atoms with van der Waals surface area (Å²) in [6.07, 6.45) is 4.56. The lowest BCUT2D eigenvalue weighted by Crippen LogP contribution is -2.44. The topological polar surface area (TPSA) is 38.8 Å². The van der Waals surface area contributed by atoms with Crippen molar-refractivity contribution < 1.29 is 14.3 Å². The van der Waals surface area contributed by atoms with Gasteiger partial charge in [-0.3, -0.25) is 4.79 Å². The van der Waals surface area contributed by atoms with E-state index in [-0.39, 0.29) is 18.1 Å². The number of ether oxygens (including phenoxy) is 2. The standard InChI is InChI=1S/C18H33NO3/c1-6-17(16-8-13(3)22-14(4)9-16)18(20)19-10-15(11-21-5)7-12(19)2/h12-17H,6-11H2,1-5H3/t12-,13?,14?,15?,16?,17?/m1/s1. The molecule has 2 fully saturated rings. The molecule has 0 saturated carbocycles. The second-order valence-electron chi connectivity index (χ2n) is 7.40. The second-order valence-corrected chi connectivity index (χ2v) is 7.40. The molecule has 2 heterocycles. The summed E-state index contributed by atoms with van der Waals surface area (Å²) < 4.78 is 11.1. The van der Waals surface area contributed by atoms with Gasteiger partial charge >= 0.3 is 0 Å². The van der Waals surface area contributed by atoms with Gasteiger partial charge in [0, 0.05) is 31.5 Å². The molecule has 2 aliphatic heterocycles. The third-order valence-corrected chi connectivity index (χ3v) is 5.41. The zero-order valence-electron chi connectivity index (χ0n) is 14.9. The highest BCUT2D eigenvalue weighted by Crippen LogP contribution is 2.35. The molecule has 4 nitrogen and oxygen atoms in total. The van der Waals surface area contributed by atoms with Crippen molar-refractivity contribution in [3.8, 4) is 0 Å². The molecule has 128 valence electrons. The van der Waals surface area contributed by atoms with Gasteiger partial charge in [-0.05, 0) is 52.4 Å². The number of carbonyl (C=O) groups is 1. The van der Waals surface area contributed by atoms with E-state index in [9.17, 15) is 4.79 Å². The second kappa shape index (κ2) is 7.78. The van der Waals surface area contributed by atoms with E-state index in [1.54, 1.807) is 7.11 Å². The molecule has 0 N–H and O–H groups in total. The molecule has 2 rings (SSSR count). The summed E-state index contributed by atoms with van der Waals surface area (Å²) in [6, 6.07) is 0.344. The Morgan fingerprint density at radius 2 is 1.86 bits per heavy atom. The van der Waals surface area contributed by atoms with E-state index >= 15 is 0 Å². The lowest BCUT2D eigenvalue weighted by molar-refractivity contribution is -0.142. The Kier molecular flexibility index (Phi) is 6.27. The summed E-state index contributed by atoms with van der Waals surface area (Å²) in [7, 11) is 1.74. The lowest BCUT2D eigenvalue weighted by Gasteiger charge is -2.38. The molecule has 4 unspecified atom stereocenters. The predicted molar refractivity (Wildman–Crippen MR) is 87.7 cm³/mol. The molecule has 0 radical (unpaired) electrons. The van der Waals surface area contributed by atoms with Crippen molar-refractivity contribution in [1.29, 1.82) is 0 Å². The summed E-state index contributed by atoms with van der Waals surface area (Å²) in [5.41, 5.74) is 0. The molecule has 22 heavy (non-hydrogen) atoms. The highest BCUT2D eigenvalue weighted by atomic mass is 16.5. The molecule has 0 spiro atoms. The zero-order chi connectivity index (χ0) is 16.3. The molecular formula is C18H33NO3. The molecule has 2 aliphatic rings. The summed E-state index contributed by atoms with van der Waals surface area (Å²) >= 11 is 0.